The quantitative estimate of drug-likeness (QED) is 0.429. The molecule has 0 bridgehead atoms. The Bertz CT molecular complexity index is 1230. The van der Waals surface area contributed by atoms with Crippen molar-refractivity contribution in [2.45, 2.75) is 20.2 Å². The Morgan fingerprint density at radius 2 is 2.00 bits per heavy atom. The fourth-order valence-corrected chi connectivity index (χ4v) is 3.19. The molecule has 1 amide bonds. The number of methoxy groups -OCH3 is 1. The molecule has 0 aliphatic rings. The van der Waals surface area contributed by atoms with Crippen LogP contribution in [0.4, 0.5) is 5.69 Å². The predicted molar refractivity (Wildman–Crippen MR) is 121 cm³/mol. The lowest BCUT2D eigenvalue weighted by atomic mass is 10.2. The number of nitrogens with one attached hydrogen (secondary N) is 1. The molecule has 0 aliphatic carbocycles. The Morgan fingerprint density at radius 1 is 1.12 bits per heavy atom. The summed E-state index contributed by atoms with van der Waals surface area (Å²) in [5, 5.41) is 12.1. The highest BCUT2D eigenvalue weighted by Gasteiger charge is 2.12. The number of hydrogen-bond acceptors (Lipinski definition) is 5. The van der Waals surface area contributed by atoms with Gasteiger partial charge >= 0.3 is 0 Å². The van der Waals surface area contributed by atoms with Crippen molar-refractivity contribution >= 4 is 23.2 Å². The van der Waals surface area contributed by atoms with Gasteiger partial charge in [-0.2, -0.15) is 10.2 Å². The topological polar surface area (TPSA) is 83.2 Å². The SMILES string of the molecule is COc1cccc(Cn2cc(NC(=O)c3ccn(COc4ccc(Cl)c(C)c4)n3)cn2)c1. The molecule has 8 nitrogen and oxygen atoms in total. The number of hydrogen-bond donors (Lipinski definition) is 1. The van der Waals surface area contributed by atoms with E-state index in [-0.39, 0.29) is 18.3 Å². The zero-order valence-corrected chi connectivity index (χ0v) is 18.4. The van der Waals surface area contributed by atoms with Crippen LogP contribution in [0.25, 0.3) is 0 Å². The first-order valence-corrected chi connectivity index (χ1v) is 10.3. The van der Waals surface area contributed by atoms with Gasteiger partial charge in [0, 0.05) is 17.4 Å². The second kappa shape index (κ2) is 9.57. The van der Waals surface area contributed by atoms with E-state index in [0.717, 1.165) is 16.9 Å². The van der Waals surface area contributed by atoms with E-state index in [1.807, 2.05) is 37.3 Å². The van der Waals surface area contributed by atoms with Gasteiger partial charge in [0.05, 0.1) is 25.5 Å². The number of ether oxygens (including phenoxy) is 2. The molecule has 0 atom stereocenters. The summed E-state index contributed by atoms with van der Waals surface area (Å²) in [6, 6.07) is 14.8. The summed E-state index contributed by atoms with van der Waals surface area (Å²) in [4.78, 5) is 12.5. The largest absolute Gasteiger partial charge is 0.497 e. The average Bonchev–Trinajstić information content (AvgIpc) is 3.44. The first-order valence-electron chi connectivity index (χ1n) is 9.89. The van der Waals surface area contributed by atoms with Gasteiger partial charge in [-0.25, -0.2) is 4.68 Å². The van der Waals surface area contributed by atoms with Crippen LogP contribution in [0.3, 0.4) is 0 Å². The number of anilines is 1. The Hall–Kier alpha value is -3.78. The minimum atomic E-state index is -0.327. The number of rotatable bonds is 8. The summed E-state index contributed by atoms with van der Waals surface area (Å²) < 4.78 is 14.2. The van der Waals surface area contributed by atoms with Gasteiger partial charge in [-0.05, 0) is 54.4 Å². The molecule has 4 aromatic rings. The number of aromatic nitrogens is 4. The molecule has 0 spiro atoms. The zero-order valence-electron chi connectivity index (χ0n) is 17.7. The van der Waals surface area contributed by atoms with Gasteiger partial charge < -0.3 is 14.8 Å². The van der Waals surface area contributed by atoms with E-state index in [9.17, 15) is 4.79 Å². The summed E-state index contributed by atoms with van der Waals surface area (Å²) in [6.45, 7) is 2.64. The fourth-order valence-electron chi connectivity index (χ4n) is 3.07. The van der Waals surface area contributed by atoms with Crippen LogP contribution in [0.15, 0.2) is 67.1 Å². The van der Waals surface area contributed by atoms with E-state index in [0.29, 0.717) is 23.0 Å². The first kappa shape index (κ1) is 21.5. The third-order valence-electron chi connectivity index (χ3n) is 4.74. The van der Waals surface area contributed by atoms with Crippen LogP contribution in [0.2, 0.25) is 5.02 Å². The molecule has 1 N–H and O–H groups in total. The zero-order chi connectivity index (χ0) is 22.5. The molecule has 32 heavy (non-hydrogen) atoms. The predicted octanol–water partition coefficient (Wildman–Crippen LogP) is 4.39. The minimum Gasteiger partial charge on any atom is -0.497 e. The van der Waals surface area contributed by atoms with Crippen molar-refractivity contribution in [2.75, 3.05) is 12.4 Å². The van der Waals surface area contributed by atoms with Gasteiger partial charge in [0.25, 0.3) is 5.91 Å². The van der Waals surface area contributed by atoms with E-state index in [4.69, 9.17) is 21.1 Å². The first-order chi connectivity index (χ1) is 15.5. The normalized spacial score (nSPS) is 10.7. The van der Waals surface area contributed by atoms with Gasteiger partial charge in [0.1, 0.15) is 11.5 Å². The number of amides is 1. The van der Waals surface area contributed by atoms with Crippen LogP contribution < -0.4 is 14.8 Å². The Labute approximate surface area is 190 Å². The van der Waals surface area contributed by atoms with E-state index in [1.54, 1.807) is 53.3 Å². The molecular formula is C23H22ClN5O3. The Balaban J connectivity index is 1.33. The summed E-state index contributed by atoms with van der Waals surface area (Å²) >= 11 is 6.03. The third-order valence-corrected chi connectivity index (χ3v) is 5.16. The molecule has 0 fully saturated rings. The lowest BCUT2D eigenvalue weighted by Gasteiger charge is -2.07. The lowest BCUT2D eigenvalue weighted by molar-refractivity contribution is 0.102. The highest BCUT2D eigenvalue weighted by molar-refractivity contribution is 6.31. The van der Waals surface area contributed by atoms with Crippen LogP contribution in [0, 0.1) is 6.92 Å². The van der Waals surface area contributed by atoms with E-state index in [1.165, 1.54) is 0 Å². The molecule has 0 unspecified atom stereocenters. The molecule has 2 heterocycles. The maximum atomic E-state index is 12.5. The van der Waals surface area contributed by atoms with Crippen molar-refractivity contribution in [1.29, 1.82) is 0 Å². The van der Waals surface area contributed by atoms with E-state index >= 15 is 0 Å². The molecule has 164 valence electrons. The van der Waals surface area contributed by atoms with Crippen LogP contribution in [-0.4, -0.2) is 32.6 Å². The second-order valence-electron chi connectivity index (χ2n) is 7.16. The van der Waals surface area contributed by atoms with Gasteiger partial charge in [0.2, 0.25) is 0 Å². The summed E-state index contributed by atoms with van der Waals surface area (Å²) in [5.41, 5.74) is 2.83. The molecular weight excluding hydrogens is 430 g/mol. The molecule has 2 aromatic carbocycles. The number of benzene rings is 2. The maximum Gasteiger partial charge on any atom is 0.276 e. The van der Waals surface area contributed by atoms with Crippen molar-refractivity contribution in [2.24, 2.45) is 0 Å². The lowest BCUT2D eigenvalue weighted by Crippen LogP contribution is -2.14. The van der Waals surface area contributed by atoms with Crippen molar-refractivity contribution in [3.63, 3.8) is 0 Å². The van der Waals surface area contributed by atoms with E-state index in [2.05, 4.69) is 15.5 Å². The molecule has 9 heteroatoms. The highest BCUT2D eigenvalue weighted by Crippen LogP contribution is 2.21. The number of nitrogens with zero attached hydrogens (tertiary/aromatic N) is 4. The second-order valence-corrected chi connectivity index (χ2v) is 7.56. The molecule has 0 saturated heterocycles. The summed E-state index contributed by atoms with van der Waals surface area (Å²) in [5.74, 6) is 1.14. The van der Waals surface area contributed by atoms with Crippen molar-refractivity contribution < 1.29 is 14.3 Å². The summed E-state index contributed by atoms with van der Waals surface area (Å²) in [6.07, 6.45) is 5.05. The highest BCUT2D eigenvalue weighted by atomic mass is 35.5. The molecule has 4 rings (SSSR count). The van der Waals surface area contributed by atoms with Crippen molar-refractivity contribution in [1.82, 2.24) is 19.6 Å². The number of aryl methyl sites for hydroxylation is 1. The van der Waals surface area contributed by atoms with Crippen molar-refractivity contribution in [3.8, 4) is 11.5 Å². The van der Waals surface area contributed by atoms with Gasteiger partial charge in [-0.15, -0.1) is 0 Å². The number of halogens is 1. The molecule has 0 saturated carbocycles. The van der Waals surface area contributed by atoms with Crippen LogP contribution in [-0.2, 0) is 13.3 Å². The van der Waals surface area contributed by atoms with Gasteiger partial charge in [-0.1, -0.05) is 23.7 Å². The standard InChI is InChI=1S/C23H22ClN5O3/c1-16-10-20(6-7-21(16)24)32-15-28-9-8-22(27-28)23(30)26-18-12-25-29(14-18)13-17-4-3-5-19(11-17)31-2/h3-12,14H,13,15H2,1-2H3,(H,26,30). The smallest absolute Gasteiger partial charge is 0.276 e. The Morgan fingerprint density at radius 3 is 2.81 bits per heavy atom. The van der Waals surface area contributed by atoms with Crippen LogP contribution >= 0.6 is 11.6 Å². The van der Waals surface area contributed by atoms with Crippen LogP contribution in [0.5, 0.6) is 11.5 Å². The molecule has 2 aromatic heterocycles. The number of carbonyl (C=O) groups is 1. The average molecular weight is 452 g/mol. The van der Waals surface area contributed by atoms with Gasteiger partial charge in [-0.3, -0.25) is 9.48 Å². The fraction of sp³-hybridized carbons (Fsp3) is 0.174. The van der Waals surface area contributed by atoms with Crippen LogP contribution in [0.1, 0.15) is 21.6 Å². The van der Waals surface area contributed by atoms with Crippen molar-refractivity contribution in [3.05, 3.63) is 89.0 Å². The molecule has 0 aliphatic heterocycles. The van der Waals surface area contributed by atoms with E-state index < -0.39 is 0 Å². The maximum absolute atomic E-state index is 12.5. The monoisotopic (exact) mass is 451 g/mol. The third kappa shape index (κ3) is 5.28. The summed E-state index contributed by atoms with van der Waals surface area (Å²) in [7, 11) is 1.63. The number of carbonyl (C=O) groups excluding carboxylic acids is 1. The molecule has 0 radical (unpaired) electrons. The minimum absolute atomic E-state index is 0.173. The Kier molecular flexibility index (Phi) is 6.42. The van der Waals surface area contributed by atoms with Gasteiger partial charge in [0.15, 0.2) is 12.4 Å².